The maximum atomic E-state index is 14.7. The highest BCUT2D eigenvalue weighted by molar-refractivity contribution is 7.10. The predicted molar refractivity (Wildman–Crippen MR) is 257 cm³/mol. The number of hydrazine groups is 1. The van der Waals surface area contributed by atoms with Gasteiger partial charge in [0.15, 0.2) is 0 Å². The number of hydrogen-bond acceptors (Lipinski definition) is 11. The summed E-state index contributed by atoms with van der Waals surface area (Å²) in [6.45, 7) is 18.2. The molecule has 5 amide bonds. The number of likely N-dealkylation sites (tertiary alicyclic amines) is 2. The lowest BCUT2D eigenvalue weighted by Crippen LogP contribution is -2.71. The Kier molecular flexibility index (Phi) is 13.7. The van der Waals surface area contributed by atoms with E-state index >= 15 is 0 Å². The number of nitrogens with zero attached hydrogens (tertiary/aromatic N) is 7. The van der Waals surface area contributed by atoms with E-state index in [1.54, 1.807) is 30.2 Å². The molecule has 4 aliphatic heterocycles. The van der Waals surface area contributed by atoms with Gasteiger partial charge in [-0.25, -0.2) is 15.2 Å². The molecule has 2 N–H and O–H groups in total. The van der Waals surface area contributed by atoms with Gasteiger partial charge < -0.3 is 34.1 Å². The molecule has 6 bridgehead atoms. The largest absolute Gasteiger partial charge is 0.464 e. The van der Waals surface area contributed by atoms with E-state index in [-0.39, 0.29) is 37.0 Å². The number of pyridine rings is 1. The van der Waals surface area contributed by atoms with Crippen molar-refractivity contribution in [2.45, 2.75) is 116 Å². The minimum atomic E-state index is -1.09. The number of thiazole rings is 1. The summed E-state index contributed by atoms with van der Waals surface area (Å²) in [4.78, 5) is 84.8. The number of esters is 1. The third kappa shape index (κ3) is 9.21. The van der Waals surface area contributed by atoms with Gasteiger partial charge in [0.05, 0.1) is 40.3 Å². The van der Waals surface area contributed by atoms with Gasteiger partial charge in [0.1, 0.15) is 18.1 Å². The summed E-state index contributed by atoms with van der Waals surface area (Å²) in [7, 11) is 3.31. The van der Waals surface area contributed by atoms with Gasteiger partial charge in [-0.2, -0.15) is 0 Å². The fraction of sp³-hybridized carbons (Fsp3) is 0.540. The first-order chi connectivity index (χ1) is 32.0. The molecule has 358 valence electrons. The molecular formula is C50H65N9O7S. The average molecular weight is 936 g/mol. The van der Waals surface area contributed by atoms with Crippen LogP contribution < -0.4 is 10.7 Å². The number of hydrogen-bond donors (Lipinski definition) is 2. The van der Waals surface area contributed by atoms with Crippen LogP contribution in [-0.2, 0) is 48.0 Å². The highest BCUT2D eigenvalue weighted by Gasteiger charge is 2.54. The maximum Gasteiger partial charge on any atom is 0.324 e. The molecule has 0 saturated carbocycles. The second-order valence-corrected chi connectivity index (χ2v) is 20.7. The molecule has 17 heteroatoms. The van der Waals surface area contributed by atoms with Crippen molar-refractivity contribution in [3.05, 3.63) is 70.8 Å². The highest BCUT2D eigenvalue weighted by atomic mass is 32.1. The molecular weight excluding hydrogens is 871 g/mol. The first-order valence-corrected chi connectivity index (χ1v) is 24.5. The number of ether oxygens (including phenoxy) is 2. The van der Waals surface area contributed by atoms with Crippen LogP contribution in [0.3, 0.4) is 0 Å². The number of urea groups is 1. The zero-order chi connectivity index (χ0) is 47.9. The minimum absolute atomic E-state index is 0.0763. The zero-order valence-electron chi connectivity index (χ0n) is 40.1. The standard InChI is InChI=1S/C50H65N9O7S/c1-10-41(60)56-27-50(28-56)19-14-21-58(50)48(64)55(8)43(30(3)4)45(61)53-37-24-40-52-38(26-67-40)32-17-18-39-34(23-32)35(44(57(39)11-2)33-15-12-20-51-42(33)31(5)65-9)25-49(6,7)29-66-47(63)36-16-13-22-59(54-36)46(37)62/h10,12,15,17-18,20,23,26,30-31,36-37,43,54H,1,11,13-14,16,19,21-22,24-25,27-29H2,2-9H3,(H,53,61)/t31-,36-,37-,43?/m0/s1. The van der Waals surface area contributed by atoms with Gasteiger partial charge in [-0.05, 0) is 87.8 Å². The van der Waals surface area contributed by atoms with Gasteiger partial charge in [-0.3, -0.25) is 29.2 Å². The number of rotatable bonds is 9. The molecule has 1 unspecified atom stereocenters. The molecule has 67 heavy (non-hydrogen) atoms. The van der Waals surface area contributed by atoms with Crippen LogP contribution in [0.1, 0.15) is 89.6 Å². The zero-order valence-corrected chi connectivity index (χ0v) is 40.9. The highest BCUT2D eigenvalue weighted by Crippen LogP contribution is 2.43. The Bertz CT molecular complexity index is 2560. The van der Waals surface area contributed by atoms with Crippen LogP contribution in [0, 0.1) is 11.3 Å². The van der Waals surface area contributed by atoms with E-state index in [1.807, 2.05) is 32.2 Å². The molecule has 4 aliphatic rings. The SMILES string of the molecule is C=CC(=O)N1CC2(CCCN2C(=O)N(C)C(C(=O)N[C@H]2Cc3nc(cs3)-c3ccc4c(c3)c(c(-c3cccnc3[C@H](C)OC)n4CC)CC(C)(C)COC(=O)[C@@H]3CCCN(N3)C2=O)C(C)C)C1. The summed E-state index contributed by atoms with van der Waals surface area (Å²) in [6, 6.07) is 7.32. The number of aryl methyl sites for hydroxylation is 1. The van der Waals surface area contributed by atoms with Crippen molar-refractivity contribution in [2.75, 3.05) is 46.9 Å². The Morgan fingerprint density at radius 1 is 1.13 bits per heavy atom. The summed E-state index contributed by atoms with van der Waals surface area (Å²) < 4.78 is 14.3. The second-order valence-electron chi connectivity index (χ2n) is 19.7. The third-order valence-electron chi connectivity index (χ3n) is 14.1. The van der Waals surface area contributed by atoms with Crippen LogP contribution in [-0.4, -0.2) is 135 Å². The molecule has 4 atom stereocenters. The molecule has 1 aromatic carbocycles. The third-order valence-corrected chi connectivity index (χ3v) is 14.9. The Labute approximate surface area is 397 Å². The van der Waals surface area contributed by atoms with Crippen LogP contribution in [0.25, 0.3) is 33.4 Å². The van der Waals surface area contributed by atoms with E-state index in [2.05, 4.69) is 66.9 Å². The van der Waals surface area contributed by atoms with E-state index in [0.717, 1.165) is 57.5 Å². The van der Waals surface area contributed by atoms with Crippen molar-refractivity contribution < 1.29 is 33.4 Å². The topological polar surface area (TPSA) is 172 Å². The molecule has 1 spiro atoms. The molecule has 3 saturated heterocycles. The van der Waals surface area contributed by atoms with E-state index in [4.69, 9.17) is 19.4 Å². The Morgan fingerprint density at radius 3 is 2.63 bits per heavy atom. The van der Waals surface area contributed by atoms with E-state index < -0.39 is 46.9 Å². The van der Waals surface area contributed by atoms with Gasteiger partial charge >= 0.3 is 12.0 Å². The lowest BCUT2D eigenvalue weighted by Gasteiger charge is -2.53. The second kappa shape index (κ2) is 19.2. The maximum absolute atomic E-state index is 14.7. The monoisotopic (exact) mass is 935 g/mol. The lowest BCUT2D eigenvalue weighted by atomic mass is 9.84. The number of aromatic nitrogens is 3. The van der Waals surface area contributed by atoms with Crippen molar-refractivity contribution in [3.63, 3.8) is 0 Å². The summed E-state index contributed by atoms with van der Waals surface area (Å²) in [5, 5.41) is 8.15. The van der Waals surface area contributed by atoms with Gasteiger partial charge in [0, 0.05) is 92.3 Å². The van der Waals surface area contributed by atoms with Gasteiger partial charge in [0.25, 0.3) is 5.91 Å². The molecule has 7 heterocycles. The van der Waals surface area contributed by atoms with Gasteiger partial charge in [-0.15, -0.1) is 11.3 Å². The fourth-order valence-electron chi connectivity index (χ4n) is 10.6. The lowest BCUT2D eigenvalue weighted by molar-refractivity contribution is -0.155. The van der Waals surface area contributed by atoms with Crippen LogP contribution in [0.5, 0.6) is 0 Å². The molecule has 0 radical (unpaired) electrons. The number of benzene rings is 1. The molecule has 16 nitrogen and oxygen atoms in total. The van der Waals surface area contributed by atoms with E-state index in [0.29, 0.717) is 57.0 Å². The van der Waals surface area contributed by atoms with Gasteiger partial charge in [-0.1, -0.05) is 40.3 Å². The van der Waals surface area contributed by atoms with Crippen LogP contribution in [0.15, 0.2) is 54.6 Å². The number of fused-ring (bicyclic) bond motifs is 6. The summed E-state index contributed by atoms with van der Waals surface area (Å²) >= 11 is 1.41. The number of likely N-dealkylation sites (N-methyl/N-ethyl adjacent to an activating group) is 1. The van der Waals surface area contributed by atoms with Gasteiger partial charge in [0.2, 0.25) is 11.8 Å². The summed E-state index contributed by atoms with van der Waals surface area (Å²) in [5.74, 6) is -1.84. The van der Waals surface area contributed by atoms with Crippen LogP contribution >= 0.6 is 11.3 Å². The first kappa shape index (κ1) is 47.8. The molecule has 3 aromatic heterocycles. The average Bonchev–Trinajstić information content (AvgIpc) is 4.05. The number of amides is 5. The first-order valence-electron chi connectivity index (χ1n) is 23.6. The summed E-state index contributed by atoms with van der Waals surface area (Å²) in [6.07, 6.45) is 6.03. The smallest absolute Gasteiger partial charge is 0.324 e. The normalized spacial score (nSPS) is 21.4. The fourth-order valence-corrected chi connectivity index (χ4v) is 11.4. The van der Waals surface area contributed by atoms with Crippen LogP contribution in [0.4, 0.5) is 4.79 Å². The van der Waals surface area contributed by atoms with Crippen molar-refractivity contribution in [1.82, 2.24) is 45.0 Å². The van der Waals surface area contributed by atoms with Crippen LogP contribution in [0.2, 0.25) is 0 Å². The minimum Gasteiger partial charge on any atom is -0.464 e. The Balaban J connectivity index is 1.15. The van der Waals surface area contributed by atoms with Crippen molar-refractivity contribution in [2.24, 2.45) is 11.3 Å². The quantitative estimate of drug-likeness (QED) is 0.147. The molecule has 3 fully saturated rings. The van der Waals surface area contributed by atoms with Crippen molar-refractivity contribution in [1.29, 1.82) is 0 Å². The van der Waals surface area contributed by atoms with Crippen molar-refractivity contribution in [3.8, 4) is 22.5 Å². The number of carbonyl (C=O) groups excluding carboxylic acids is 5. The predicted octanol–water partition coefficient (Wildman–Crippen LogP) is 6.14. The Hall–Kier alpha value is -5.65. The van der Waals surface area contributed by atoms with Crippen molar-refractivity contribution >= 4 is 52.0 Å². The molecule has 0 aliphatic carbocycles. The molecule has 8 rings (SSSR count). The molecule has 4 aromatic rings. The number of carbonyl (C=O) groups is 5. The number of cyclic esters (lactones) is 1. The van der Waals surface area contributed by atoms with E-state index in [9.17, 15) is 24.0 Å². The summed E-state index contributed by atoms with van der Waals surface area (Å²) in [5.41, 5.74) is 8.79. The number of nitrogens with one attached hydrogen (secondary N) is 2. The number of methoxy groups -OCH3 is 1. The van der Waals surface area contributed by atoms with E-state index in [1.165, 1.54) is 27.3 Å². The Morgan fingerprint density at radius 2 is 1.91 bits per heavy atom.